The molecule has 2 unspecified atom stereocenters. The summed E-state index contributed by atoms with van der Waals surface area (Å²) in [5, 5.41) is 0. The third kappa shape index (κ3) is 3.32. The van der Waals surface area contributed by atoms with Gasteiger partial charge in [-0.15, -0.1) is 0 Å². The van der Waals surface area contributed by atoms with Crippen molar-refractivity contribution >= 4 is 0 Å². The molecule has 2 atom stereocenters. The molecular weight excluding hydrogens is 230 g/mol. The van der Waals surface area contributed by atoms with Crippen LogP contribution in [0.15, 0.2) is 6.07 Å². The van der Waals surface area contributed by atoms with E-state index in [1.54, 1.807) is 6.07 Å². The molecule has 0 amide bonds. The predicted molar refractivity (Wildman–Crippen MR) is 68.8 cm³/mol. The van der Waals surface area contributed by atoms with E-state index in [-0.39, 0.29) is 12.1 Å². The zero-order valence-electron chi connectivity index (χ0n) is 11.1. The van der Waals surface area contributed by atoms with Crippen LogP contribution in [0.25, 0.3) is 0 Å². The lowest BCUT2D eigenvalue weighted by Crippen LogP contribution is -2.41. The van der Waals surface area contributed by atoms with Gasteiger partial charge < -0.3 is 15.2 Å². The minimum absolute atomic E-state index is 0.0232. The second kappa shape index (κ2) is 6.00. The second-order valence-electron chi connectivity index (χ2n) is 4.67. The van der Waals surface area contributed by atoms with Crippen molar-refractivity contribution in [1.29, 1.82) is 0 Å². The highest BCUT2D eigenvalue weighted by Crippen LogP contribution is 2.22. The van der Waals surface area contributed by atoms with E-state index in [4.69, 9.17) is 15.2 Å². The van der Waals surface area contributed by atoms with Gasteiger partial charge >= 0.3 is 6.01 Å². The van der Waals surface area contributed by atoms with Crippen molar-refractivity contribution in [1.82, 2.24) is 9.97 Å². The summed E-state index contributed by atoms with van der Waals surface area (Å²) in [4.78, 5) is 8.52. The molecule has 5 heteroatoms. The standard InChI is InChI=1S/C13H21N3O2/c1-3-17-12-8-9(2)15-13(16-12)18-11-7-5-4-6-10(11)14/h8,10-11H,3-7,14H2,1-2H3. The summed E-state index contributed by atoms with van der Waals surface area (Å²) in [5.74, 6) is 0.560. The molecule has 1 aromatic rings. The molecule has 0 aliphatic heterocycles. The summed E-state index contributed by atoms with van der Waals surface area (Å²) < 4.78 is 11.2. The van der Waals surface area contributed by atoms with Gasteiger partial charge in [-0.3, -0.25) is 0 Å². The summed E-state index contributed by atoms with van der Waals surface area (Å²) in [7, 11) is 0. The highest BCUT2D eigenvalue weighted by Gasteiger charge is 2.24. The summed E-state index contributed by atoms with van der Waals surface area (Å²) >= 11 is 0. The van der Waals surface area contributed by atoms with E-state index in [0.717, 1.165) is 25.0 Å². The number of aryl methyl sites for hydroxylation is 1. The molecular formula is C13H21N3O2. The lowest BCUT2D eigenvalue weighted by molar-refractivity contribution is 0.119. The summed E-state index contributed by atoms with van der Waals surface area (Å²) in [6, 6.07) is 2.26. The Morgan fingerprint density at radius 3 is 2.83 bits per heavy atom. The van der Waals surface area contributed by atoms with E-state index < -0.39 is 0 Å². The van der Waals surface area contributed by atoms with E-state index in [1.807, 2.05) is 13.8 Å². The van der Waals surface area contributed by atoms with E-state index in [1.165, 1.54) is 6.42 Å². The summed E-state index contributed by atoms with van der Waals surface area (Å²) in [6.07, 6.45) is 4.34. The number of aromatic nitrogens is 2. The Morgan fingerprint density at radius 1 is 1.33 bits per heavy atom. The van der Waals surface area contributed by atoms with E-state index in [9.17, 15) is 0 Å². The van der Waals surface area contributed by atoms with Crippen LogP contribution in [0.4, 0.5) is 0 Å². The quantitative estimate of drug-likeness (QED) is 0.884. The summed E-state index contributed by atoms with van der Waals surface area (Å²) in [5.41, 5.74) is 6.89. The highest BCUT2D eigenvalue weighted by atomic mass is 16.5. The Hall–Kier alpha value is -1.36. The van der Waals surface area contributed by atoms with Crippen LogP contribution in [-0.4, -0.2) is 28.7 Å². The van der Waals surface area contributed by atoms with E-state index >= 15 is 0 Å². The lowest BCUT2D eigenvalue weighted by atomic mass is 9.93. The molecule has 1 aromatic heterocycles. The topological polar surface area (TPSA) is 70.3 Å². The molecule has 1 aliphatic carbocycles. The molecule has 0 bridgehead atoms. The molecule has 1 saturated carbocycles. The number of hydrogen-bond donors (Lipinski definition) is 1. The Bertz CT molecular complexity index is 398. The van der Waals surface area contributed by atoms with Gasteiger partial charge in [0, 0.05) is 17.8 Å². The fraction of sp³-hybridized carbons (Fsp3) is 0.692. The fourth-order valence-corrected chi connectivity index (χ4v) is 2.20. The highest BCUT2D eigenvalue weighted by molar-refractivity contribution is 5.17. The van der Waals surface area contributed by atoms with Crippen molar-refractivity contribution in [2.45, 2.75) is 51.7 Å². The Balaban J connectivity index is 2.07. The van der Waals surface area contributed by atoms with Crippen LogP contribution >= 0.6 is 0 Å². The number of hydrogen-bond acceptors (Lipinski definition) is 5. The van der Waals surface area contributed by atoms with Gasteiger partial charge in [0.1, 0.15) is 6.10 Å². The number of ether oxygens (including phenoxy) is 2. The van der Waals surface area contributed by atoms with Crippen molar-refractivity contribution in [2.24, 2.45) is 5.73 Å². The van der Waals surface area contributed by atoms with Crippen LogP contribution in [0.3, 0.4) is 0 Å². The van der Waals surface area contributed by atoms with Gasteiger partial charge in [0.05, 0.1) is 6.61 Å². The van der Waals surface area contributed by atoms with Crippen LogP contribution < -0.4 is 15.2 Å². The van der Waals surface area contributed by atoms with Gasteiger partial charge in [0.2, 0.25) is 5.88 Å². The molecule has 2 N–H and O–H groups in total. The number of nitrogens with two attached hydrogens (primary N) is 1. The molecule has 1 fully saturated rings. The smallest absolute Gasteiger partial charge is 0.320 e. The average molecular weight is 251 g/mol. The zero-order chi connectivity index (χ0) is 13.0. The van der Waals surface area contributed by atoms with Gasteiger partial charge in [0.25, 0.3) is 0 Å². The minimum atomic E-state index is 0.0232. The normalized spacial score (nSPS) is 23.7. The lowest BCUT2D eigenvalue weighted by Gasteiger charge is -2.28. The number of nitrogens with zero attached hydrogens (tertiary/aromatic N) is 2. The fourth-order valence-electron chi connectivity index (χ4n) is 2.20. The van der Waals surface area contributed by atoms with Crippen LogP contribution in [-0.2, 0) is 0 Å². The van der Waals surface area contributed by atoms with Crippen molar-refractivity contribution < 1.29 is 9.47 Å². The molecule has 0 saturated heterocycles. The molecule has 0 aromatic carbocycles. The Labute approximate surface area is 108 Å². The van der Waals surface area contributed by atoms with Crippen molar-refractivity contribution in [3.05, 3.63) is 11.8 Å². The SMILES string of the molecule is CCOc1cc(C)nc(OC2CCCCC2N)n1. The molecule has 2 rings (SSSR count). The first kappa shape index (κ1) is 13.1. The van der Waals surface area contributed by atoms with Crippen LogP contribution in [0.2, 0.25) is 0 Å². The van der Waals surface area contributed by atoms with Gasteiger partial charge in [-0.2, -0.15) is 4.98 Å². The minimum Gasteiger partial charge on any atom is -0.478 e. The first-order chi connectivity index (χ1) is 8.69. The van der Waals surface area contributed by atoms with E-state index in [2.05, 4.69) is 9.97 Å². The van der Waals surface area contributed by atoms with Gasteiger partial charge in [-0.25, -0.2) is 4.98 Å². The Kier molecular flexibility index (Phi) is 4.36. The van der Waals surface area contributed by atoms with Crippen LogP contribution in [0.1, 0.15) is 38.3 Å². The first-order valence-electron chi connectivity index (χ1n) is 6.59. The predicted octanol–water partition coefficient (Wildman–Crippen LogP) is 1.83. The Morgan fingerprint density at radius 2 is 2.11 bits per heavy atom. The maximum absolute atomic E-state index is 6.05. The second-order valence-corrected chi connectivity index (χ2v) is 4.67. The molecule has 1 heterocycles. The van der Waals surface area contributed by atoms with Crippen molar-refractivity contribution in [2.75, 3.05) is 6.61 Å². The molecule has 18 heavy (non-hydrogen) atoms. The molecule has 5 nitrogen and oxygen atoms in total. The third-order valence-electron chi connectivity index (χ3n) is 3.11. The molecule has 0 radical (unpaired) electrons. The maximum Gasteiger partial charge on any atom is 0.320 e. The monoisotopic (exact) mass is 251 g/mol. The summed E-state index contributed by atoms with van der Waals surface area (Å²) in [6.45, 7) is 4.41. The van der Waals surface area contributed by atoms with Gasteiger partial charge in [0.15, 0.2) is 0 Å². The first-order valence-corrected chi connectivity index (χ1v) is 6.59. The molecule has 0 spiro atoms. The van der Waals surface area contributed by atoms with Crippen LogP contribution in [0, 0.1) is 6.92 Å². The largest absolute Gasteiger partial charge is 0.478 e. The average Bonchev–Trinajstić information content (AvgIpc) is 2.32. The van der Waals surface area contributed by atoms with Gasteiger partial charge in [-0.05, 0) is 33.1 Å². The van der Waals surface area contributed by atoms with E-state index in [0.29, 0.717) is 18.5 Å². The number of rotatable bonds is 4. The maximum atomic E-state index is 6.05. The third-order valence-corrected chi connectivity index (χ3v) is 3.11. The van der Waals surface area contributed by atoms with Crippen molar-refractivity contribution in [3.8, 4) is 11.9 Å². The molecule has 100 valence electrons. The van der Waals surface area contributed by atoms with Crippen molar-refractivity contribution in [3.63, 3.8) is 0 Å². The van der Waals surface area contributed by atoms with Crippen LogP contribution in [0.5, 0.6) is 11.9 Å². The van der Waals surface area contributed by atoms with Gasteiger partial charge in [-0.1, -0.05) is 6.42 Å². The molecule has 1 aliphatic rings. The zero-order valence-corrected chi connectivity index (χ0v) is 11.1.